The molecule has 0 bridgehead atoms. The van der Waals surface area contributed by atoms with Gasteiger partial charge in [-0.1, -0.05) is 32.0 Å². The highest BCUT2D eigenvalue weighted by molar-refractivity contribution is 5.91. The van der Waals surface area contributed by atoms with Gasteiger partial charge in [0.2, 0.25) is 5.91 Å². The smallest absolute Gasteiger partial charge is 0.225 e. The molecule has 1 aliphatic rings. The molecule has 23 heavy (non-hydrogen) atoms. The van der Waals surface area contributed by atoms with Gasteiger partial charge < -0.3 is 19.7 Å². The Morgan fingerprint density at radius 2 is 2.13 bits per heavy atom. The van der Waals surface area contributed by atoms with E-state index >= 15 is 0 Å². The number of nitrogens with one attached hydrogen (secondary N) is 1. The Labute approximate surface area is 139 Å². The van der Waals surface area contributed by atoms with Crippen molar-refractivity contribution >= 4 is 11.6 Å². The van der Waals surface area contributed by atoms with Gasteiger partial charge in [0.05, 0.1) is 25.9 Å². The summed E-state index contributed by atoms with van der Waals surface area (Å²) in [5.74, 6) is 0.434. The lowest BCUT2D eigenvalue weighted by molar-refractivity contribution is -0.117. The van der Waals surface area contributed by atoms with Gasteiger partial charge in [0.15, 0.2) is 0 Å². The normalized spacial score (nSPS) is 18.4. The molecule has 0 unspecified atom stereocenters. The number of benzene rings is 1. The predicted octanol–water partition coefficient (Wildman–Crippen LogP) is 2.49. The van der Waals surface area contributed by atoms with Crippen LogP contribution in [0.5, 0.6) is 0 Å². The lowest BCUT2D eigenvalue weighted by atomic mass is 10.0. The molecule has 128 valence electrons. The molecule has 2 rings (SSSR count). The molecule has 0 aromatic heterocycles. The molecular formula is C18H28N2O3. The Balaban J connectivity index is 1.76. The molecule has 1 amide bonds. The van der Waals surface area contributed by atoms with E-state index in [1.54, 1.807) is 0 Å². The summed E-state index contributed by atoms with van der Waals surface area (Å²) in [5.41, 5.74) is 2.08. The highest BCUT2D eigenvalue weighted by atomic mass is 16.6. The fraction of sp³-hybridized carbons (Fsp3) is 0.611. The van der Waals surface area contributed by atoms with Crippen molar-refractivity contribution in [1.82, 2.24) is 4.90 Å². The van der Waals surface area contributed by atoms with Crippen LogP contribution in [0.1, 0.15) is 31.7 Å². The molecule has 5 nitrogen and oxygen atoms in total. The number of nitrogens with zero attached hydrogens (tertiary/aromatic N) is 1. The summed E-state index contributed by atoms with van der Waals surface area (Å²) in [5, 5.41) is 3.03. The van der Waals surface area contributed by atoms with Gasteiger partial charge in [-0.15, -0.1) is 0 Å². The molecule has 1 aromatic carbocycles. The number of ether oxygens (including phenoxy) is 2. The van der Waals surface area contributed by atoms with Crippen LogP contribution in [-0.2, 0) is 14.3 Å². The van der Waals surface area contributed by atoms with Crippen LogP contribution in [0.3, 0.4) is 0 Å². The van der Waals surface area contributed by atoms with Crippen molar-refractivity contribution < 1.29 is 14.3 Å². The third kappa shape index (κ3) is 5.94. The maximum absolute atomic E-state index is 12.2. The molecule has 1 fully saturated rings. The molecule has 1 saturated heterocycles. The molecule has 1 N–H and O–H groups in total. The molecule has 1 aromatic rings. The topological polar surface area (TPSA) is 50.8 Å². The fourth-order valence-corrected chi connectivity index (χ4v) is 2.70. The second kappa shape index (κ2) is 9.01. The van der Waals surface area contributed by atoms with Gasteiger partial charge in [-0.3, -0.25) is 4.79 Å². The number of hydrogen-bond donors (Lipinski definition) is 1. The Morgan fingerprint density at radius 1 is 1.35 bits per heavy atom. The van der Waals surface area contributed by atoms with Crippen LogP contribution in [0, 0.1) is 0 Å². The highest BCUT2D eigenvalue weighted by Crippen LogP contribution is 2.23. The molecule has 0 spiro atoms. The summed E-state index contributed by atoms with van der Waals surface area (Å²) in [6.45, 7) is 7.72. The average Bonchev–Trinajstić information content (AvgIpc) is 2.54. The minimum Gasteiger partial charge on any atom is -0.376 e. The number of para-hydroxylation sites is 1. The van der Waals surface area contributed by atoms with Crippen molar-refractivity contribution in [3.8, 4) is 0 Å². The first-order valence-corrected chi connectivity index (χ1v) is 8.33. The van der Waals surface area contributed by atoms with E-state index in [4.69, 9.17) is 9.47 Å². The number of rotatable bonds is 7. The molecule has 0 saturated carbocycles. The van der Waals surface area contributed by atoms with Crippen LogP contribution >= 0.6 is 0 Å². The monoisotopic (exact) mass is 320 g/mol. The number of amides is 1. The van der Waals surface area contributed by atoms with Gasteiger partial charge in [-0.25, -0.2) is 0 Å². The second-order valence-corrected chi connectivity index (χ2v) is 6.37. The van der Waals surface area contributed by atoms with E-state index in [1.165, 1.54) is 5.56 Å². The average molecular weight is 320 g/mol. The van der Waals surface area contributed by atoms with Crippen LogP contribution in [0.25, 0.3) is 0 Å². The minimum absolute atomic E-state index is 0.0470. The molecule has 1 aliphatic heterocycles. The summed E-state index contributed by atoms with van der Waals surface area (Å²) < 4.78 is 11.0. The van der Waals surface area contributed by atoms with Gasteiger partial charge >= 0.3 is 0 Å². The first-order valence-electron chi connectivity index (χ1n) is 8.33. The van der Waals surface area contributed by atoms with Gasteiger partial charge in [-0.2, -0.15) is 0 Å². The van der Waals surface area contributed by atoms with E-state index in [9.17, 15) is 4.79 Å². The van der Waals surface area contributed by atoms with Gasteiger partial charge in [0.25, 0.3) is 0 Å². The third-order valence-corrected chi connectivity index (χ3v) is 3.98. The minimum atomic E-state index is 0.0470. The molecule has 1 atom stereocenters. The number of anilines is 1. The SMILES string of the molecule is CC(C)c1ccccc1NC(=O)CCN(C)C[C@@H]1COCCO1. The van der Waals surface area contributed by atoms with Crippen LogP contribution in [0.4, 0.5) is 5.69 Å². The highest BCUT2D eigenvalue weighted by Gasteiger charge is 2.17. The summed E-state index contributed by atoms with van der Waals surface area (Å²) in [6, 6.07) is 7.98. The number of hydrogen-bond acceptors (Lipinski definition) is 4. The van der Waals surface area contributed by atoms with Crippen molar-refractivity contribution in [2.24, 2.45) is 0 Å². The summed E-state index contributed by atoms with van der Waals surface area (Å²) in [6.07, 6.45) is 0.578. The maximum Gasteiger partial charge on any atom is 0.225 e. The lowest BCUT2D eigenvalue weighted by Crippen LogP contribution is -2.39. The summed E-state index contributed by atoms with van der Waals surface area (Å²) in [4.78, 5) is 14.3. The first-order chi connectivity index (χ1) is 11.1. The van der Waals surface area contributed by atoms with E-state index in [0.29, 0.717) is 38.7 Å². The predicted molar refractivity (Wildman–Crippen MR) is 91.8 cm³/mol. The van der Waals surface area contributed by atoms with Gasteiger partial charge in [0, 0.05) is 25.2 Å². The van der Waals surface area contributed by atoms with Crippen LogP contribution in [0.15, 0.2) is 24.3 Å². The van der Waals surface area contributed by atoms with Crippen molar-refractivity contribution in [3.63, 3.8) is 0 Å². The van der Waals surface area contributed by atoms with E-state index in [1.807, 2.05) is 25.2 Å². The van der Waals surface area contributed by atoms with Crippen molar-refractivity contribution in [3.05, 3.63) is 29.8 Å². The molecule has 5 heteroatoms. The zero-order valence-electron chi connectivity index (χ0n) is 14.4. The second-order valence-electron chi connectivity index (χ2n) is 6.37. The van der Waals surface area contributed by atoms with Gasteiger partial charge in [0.1, 0.15) is 0 Å². The Bertz CT molecular complexity index is 499. The summed E-state index contributed by atoms with van der Waals surface area (Å²) >= 11 is 0. The van der Waals surface area contributed by atoms with Crippen molar-refractivity contribution in [1.29, 1.82) is 0 Å². The molecule has 0 radical (unpaired) electrons. The van der Waals surface area contributed by atoms with Crippen LogP contribution in [-0.4, -0.2) is 56.9 Å². The maximum atomic E-state index is 12.2. The molecule has 1 heterocycles. The largest absolute Gasteiger partial charge is 0.376 e. The van der Waals surface area contributed by atoms with Crippen LogP contribution in [0.2, 0.25) is 0 Å². The third-order valence-electron chi connectivity index (χ3n) is 3.98. The number of carbonyl (C=O) groups excluding carboxylic acids is 1. The Kier molecular flexibility index (Phi) is 7.02. The first kappa shape index (κ1) is 17.9. The number of likely N-dealkylation sites (N-methyl/N-ethyl adjacent to an activating group) is 1. The van der Waals surface area contributed by atoms with Crippen LogP contribution < -0.4 is 5.32 Å². The fourth-order valence-electron chi connectivity index (χ4n) is 2.70. The molecule has 0 aliphatic carbocycles. The van der Waals surface area contributed by atoms with E-state index in [-0.39, 0.29) is 12.0 Å². The van der Waals surface area contributed by atoms with Crippen molar-refractivity contribution in [2.45, 2.75) is 32.3 Å². The van der Waals surface area contributed by atoms with E-state index < -0.39 is 0 Å². The standard InChI is InChI=1S/C18H28N2O3/c1-14(2)16-6-4-5-7-17(16)19-18(21)8-9-20(3)12-15-13-22-10-11-23-15/h4-7,14-15H,8-13H2,1-3H3,(H,19,21)/t15-/m1/s1. The quantitative estimate of drug-likeness (QED) is 0.838. The Hall–Kier alpha value is -1.43. The Morgan fingerprint density at radius 3 is 2.83 bits per heavy atom. The molecular weight excluding hydrogens is 292 g/mol. The number of carbonyl (C=O) groups is 1. The zero-order valence-corrected chi connectivity index (χ0v) is 14.4. The van der Waals surface area contributed by atoms with E-state index in [0.717, 1.165) is 12.2 Å². The zero-order chi connectivity index (χ0) is 16.7. The lowest BCUT2D eigenvalue weighted by Gasteiger charge is -2.27. The summed E-state index contributed by atoms with van der Waals surface area (Å²) in [7, 11) is 2.01. The van der Waals surface area contributed by atoms with Crippen molar-refractivity contribution in [2.75, 3.05) is 45.3 Å². The van der Waals surface area contributed by atoms with E-state index in [2.05, 4.69) is 30.1 Å². The van der Waals surface area contributed by atoms with Gasteiger partial charge in [-0.05, 0) is 24.6 Å².